The minimum atomic E-state index is -1.10. The van der Waals surface area contributed by atoms with Crippen LogP contribution in [-0.4, -0.2) is 25.3 Å². The van der Waals surface area contributed by atoms with E-state index < -0.39 is 14.3 Å². The van der Waals surface area contributed by atoms with Crippen molar-refractivity contribution in [2.45, 2.75) is 32.9 Å². The Kier molecular flexibility index (Phi) is 7.35. The number of carbonyl (C=O) groups excluding carboxylic acids is 1. The van der Waals surface area contributed by atoms with Crippen molar-refractivity contribution in [2.75, 3.05) is 13.7 Å². The third-order valence-corrected chi connectivity index (χ3v) is 3.14. The fraction of sp³-hybridized carbons (Fsp3) is 0.700. The highest BCUT2D eigenvalue weighted by molar-refractivity contribution is 7.48. The number of hydrogen-bond acceptors (Lipinski definition) is 4. The lowest BCUT2D eigenvalue weighted by Crippen LogP contribution is -2.09. The van der Waals surface area contributed by atoms with Crippen molar-refractivity contribution >= 4 is 14.3 Å². The summed E-state index contributed by atoms with van der Waals surface area (Å²) in [5.41, 5.74) is 0.216. The highest BCUT2D eigenvalue weighted by atomic mass is 31.2. The number of esters is 1. The Morgan fingerprint density at radius 3 is 2.47 bits per heavy atom. The molecule has 0 aliphatic rings. The zero-order chi connectivity index (χ0) is 11.8. The maximum absolute atomic E-state index is 11.1. The van der Waals surface area contributed by atoms with Crippen molar-refractivity contribution in [3.63, 3.8) is 0 Å². The molecule has 0 aromatic heterocycles. The van der Waals surface area contributed by atoms with Crippen LogP contribution in [0, 0.1) is 0 Å². The molecule has 15 heavy (non-hydrogen) atoms. The van der Waals surface area contributed by atoms with Crippen molar-refractivity contribution in [2.24, 2.45) is 0 Å². The topological polar surface area (TPSA) is 44.8 Å². The maximum atomic E-state index is 11.1. The van der Waals surface area contributed by atoms with Gasteiger partial charge in [-0.25, -0.2) is 4.79 Å². The van der Waals surface area contributed by atoms with Gasteiger partial charge < -0.3 is 13.8 Å². The third kappa shape index (κ3) is 5.75. The maximum Gasteiger partial charge on any atom is 0.373 e. The van der Waals surface area contributed by atoms with E-state index in [9.17, 15) is 4.79 Å². The summed E-state index contributed by atoms with van der Waals surface area (Å²) < 4.78 is 15.3. The second-order valence-electron chi connectivity index (χ2n) is 3.22. The summed E-state index contributed by atoms with van der Waals surface area (Å²) in [6, 6.07) is 0. The van der Waals surface area contributed by atoms with E-state index in [1.165, 1.54) is 7.11 Å². The summed E-state index contributed by atoms with van der Waals surface area (Å²) in [5.74, 6) is -0.545. The van der Waals surface area contributed by atoms with E-state index in [2.05, 4.69) is 11.3 Å². The van der Waals surface area contributed by atoms with Crippen molar-refractivity contribution in [3.8, 4) is 0 Å². The number of rotatable bonds is 7. The molecule has 1 atom stereocenters. The van der Waals surface area contributed by atoms with Gasteiger partial charge in [-0.15, -0.1) is 0 Å². The second-order valence-corrected chi connectivity index (χ2v) is 5.26. The first kappa shape index (κ1) is 14.4. The standard InChI is InChI=1S/C10H19O4P/c1-6-7-13-15(8(2)3)14-9(4)10(11)12-5/h8H,4,6-7H2,1-3,5H3. The highest BCUT2D eigenvalue weighted by Crippen LogP contribution is 2.45. The van der Waals surface area contributed by atoms with Crippen LogP contribution in [0.25, 0.3) is 0 Å². The summed E-state index contributed by atoms with van der Waals surface area (Å²) in [6.07, 6.45) is 0.916. The molecule has 0 heterocycles. The molecule has 1 unspecified atom stereocenters. The lowest BCUT2D eigenvalue weighted by atomic mass is 10.5. The van der Waals surface area contributed by atoms with Gasteiger partial charge in [0.1, 0.15) is 0 Å². The molecule has 0 saturated heterocycles. The van der Waals surface area contributed by atoms with Crippen LogP contribution in [0.5, 0.6) is 0 Å². The Morgan fingerprint density at radius 2 is 2.07 bits per heavy atom. The quantitative estimate of drug-likeness (QED) is 0.294. The summed E-state index contributed by atoms with van der Waals surface area (Å²) in [4.78, 5) is 11.1. The van der Waals surface area contributed by atoms with Gasteiger partial charge in [0.2, 0.25) is 14.1 Å². The molecule has 0 spiro atoms. The lowest BCUT2D eigenvalue weighted by Gasteiger charge is -2.20. The van der Waals surface area contributed by atoms with Crippen LogP contribution in [0.1, 0.15) is 27.2 Å². The van der Waals surface area contributed by atoms with Crippen molar-refractivity contribution in [1.29, 1.82) is 0 Å². The molecular formula is C10H19O4P. The molecule has 0 N–H and O–H groups in total. The largest absolute Gasteiger partial charge is 0.463 e. The Balaban J connectivity index is 4.16. The SMILES string of the molecule is C=C(OP(OCCC)C(C)C)C(=O)OC. The molecule has 0 aromatic rings. The first-order chi connectivity index (χ1) is 7.02. The van der Waals surface area contributed by atoms with Gasteiger partial charge in [0, 0.05) is 5.66 Å². The Morgan fingerprint density at radius 1 is 1.47 bits per heavy atom. The van der Waals surface area contributed by atoms with E-state index in [1.54, 1.807) is 0 Å². The zero-order valence-electron chi connectivity index (χ0n) is 9.78. The van der Waals surface area contributed by atoms with Crippen LogP contribution in [0.3, 0.4) is 0 Å². The van der Waals surface area contributed by atoms with Gasteiger partial charge in [0.05, 0.1) is 13.7 Å². The average Bonchev–Trinajstić information content (AvgIpc) is 2.22. The zero-order valence-corrected chi connectivity index (χ0v) is 10.7. The molecule has 0 aromatic carbocycles. The molecule has 88 valence electrons. The molecule has 0 fully saturated rings. The van der Waals surface area contributed by atoms with Gasteiger partial charge in [-0.3, -0.25) is 0 Å². The van der Waals surface area contributed by atoms with Crippen LogP contribution in [0.4, 0.5) is 0 Å². The van der Waals surface area contributed by atoms with E-state index in [4.69, 9.17) is 9.05 Å². The minimum Gasteiger partial charge on any atom is -0.463 e. The first-order valence-electron chi connectivity index (χ1n) is 4.90. The van der Waals surface area contributed by atoms with Gasteiger partial charge in [0.25, 0.3) is 0 Å². The Hall–Kier alpha value is -0.600. The van der Waals surface area contributed by atoms with Gasteiger partial charge in [-0.2, -0.15) is 0 Å². The minimum absolute atomic E-state index is 0.00779. The first-order valence-corrected chi connectivity index (χ1v) is 6.14. The highest BCUT2D eigenvalue weighted by Gasteiger charge is 2.20. The molecule has 0 aliphatic heterocycles. The van der Waals surface area contributed by atoms with Crippen molar-refractivity contribution < 1.29 is 18.6 Å². The van der Waals surface area contributed by atoms with E-state index in [-0.39, 0.29) is 11.4 Å². The third-order valence-electron chi connectivity index (χ3n) is 1.46. The monoisotopic (exact) mass is 234 g/mol. The summed E-state index contributed by atoms with van der Waals surface area (Å²) in [7, 11) is 0.190. The number of carbonyl (C=O) groups is 1. The van der Waals surface area contributed by atoms with E-state index >= 15 is 0 Å². The number of ether oxygens (including phenoxy) is 1. The molecule has 0 rings (SSSR count). The smallest absolute Gasteiger partial charge is 0.373 e. The van der Waals surface area contributed by atoms with Crippen LogP contribution < -0.4 is 0 Å². The predicted molar refractivity (Wildman–Crippen MR) is 60.5 cm³/mol. The van der Waals surface area contributed by atoms with Crippen LogP contribution in [0.2, 0.25) is 0 Å². The summed E-state index contributed by atoms with van der Waals surface area (Å²) in [6.45, 7) is 10.1. The van der Waals surface area contributed by atoms with Crippen LogP contribution in [-0.2, 0) is 18.6 Å². The molecular weight excluding hydrogens is 215 g/mol. The fourth-order valence-electron chi connectivity index (χ4n) is 0.722. The number of methoxy groups -OCH3 is 1. The molecule has 0 saturated carbocycles. The second kappa shape index (κ2) is 7.66. The van der Waals surface area contributed by atoms with Crippen molar-refractivity contribution in [1.82, 2.24) is 0 Å². The lowest BCUT2D eigenvalue weighted by molar-refractivity contribution is -0.138. The molecule has 0 aliphatic carbocycles. The number of hydrogen-bond donors (Lipinski definition) is 0. The Bertz CT molecular complexity index is 215. The van der Waals surface area contributed by atoms with Crippen LogP contribution >= 0.6 is 8.38 Å². The molecule has 0 bridgehead atoms. The van der Waals surface area contributed by atoms with Gasteiger partial charge in [-0.05, 0) is 13.0 Å². The normalized spacial score (nSPS) is 12.3. The van der Waals surface area contributed by atoms with Gasteiger partial charge >= 0.3 is 5.97 Å². The predicted octanol–water partition coefficient (Wildman–Crippen LogP) is 2.84. The Labute approximate surface area is 92.5 Å². The fourth-order valence-corrected chi connectivity index (χ4v) is 1.94. The molecule has 0 amide bonds. The van der Waals surface area contributed by atoms with E-state index in [0.717, 1.165) is 6.42 Å². The van der Waals surface area contributed by atoms with Crippen molar-refractivity contribution in [3.05, 3.63) is 12.3 Å². The van der Waals surface area contributed by atoms with Crippen LogP contribution in [0.15, 0.2) is 12.3 Å². The molecule has 0 radical (unpaired) electrons. The van der Waals surface area contributed by atoms with Gasteiger partial charge in [-0.1, -0.05) is 20.8 Å². The molecule has 5 heteroatoms. The van der Waals surface area contributed by atoms with E-state index in [0.29, 0.717) is 6.61 Å². The summed E-state index contributed by atoms with van der Waals surface area (Å²) >= 11 is 0. The average molecular weight is 234 g/mol. The molecule has 4 nitrogen and oxygen atoms in total. The van der Waals surface area contributed by atoms with Gasteiger partial charge in [0.15, 0.2) is 0 Å². The summed E-state index contributed by atoms with van der Waals surface area (Å²) in [5, 5.41) is 0. The van der Waals surface area contributed by atoms with E-state index in [1.807, 2.05) is 20.8 Å².